The molecule has 18 heavy (non-hydrogen) atoms. The highest BCUT2D eigenvalue weighted by molar-refractivity contribution is 7.13. The number of hydrogen-bond donors (Lipinski definition) is 1. The predicted octanol–water partition coefficient (Wildman–Crippen LogP) is 2.47. The van der Waals surface area contributed by atoms with Gasteiger partial charge < -0.3 is 10.1 Å². The van der Waals surface area contributed by atoms with Gasteiger partial charge in [0.2, 0.25) is 0 Å². The lowest BCUT2D eigenvalue weighted by molar-refractivity contribution is 0.470. The Balaban J connectivity index is 1.86. The van der Waals surface area contributed by atoms with Crippen molar-refractivity contribution in [2.75, 3.05) is 6.54 Å². The van der Waals surface area contributed by atoms with Crippen molar-refractivity contribution in [2.24, 2.45) is 5.92 Å². The fourth-order valence-corrected chi connectivity index (χ4v) is 2.00. The number of nitrogens with zero attached hydrogens (tertiary/aromatic N) is 3. The highest BCUT2D eigenvalue weighted by Gasteiger charge is 2.06. The summed E-state index contributed by atoms with van der Waals surface area (Å²) in [6.07, 6.45) is 3.35. The molecule has 96 valence electrons. The van der Waals surface area contributed by atoms with Gasteiger partial charge in [-0.1, -0.05) is 30.3 Å². The number of pyridine rings is 1. The molecule has 0 radical (unpaired) electrons. The second-order valence-electron chi connectivity index (χ2n) is 4.28. The minimum absolute atomic E-state index is 0.546. The van der Waals surface area contributed by atoms with Crippen LogP contribution in [0.25, 0.3) is 0 Å². The number of rotatable bonds is 6. The molecule has 2 aromatic heterocycles. The van der Waals surface area contributed by atoms with Crippen LogP contribution in [-0.2, 0) is 6.54 Å². The first-order chi connectivity index (χ1) is 8.74. The molecule has 0 bridgehead atoms. The van der Waals surface area contributed by atoms with Gasteiger partial charge in [-0.05, 0) is 24.6 Å². The van der Waals surface area contributed by atoms with E-state index in [0.717, 1.165) is 18.1 Å². The van der Waals surface area contributed by atoms with Gasteiger partial charge in [-0.2, -0.15) is 0 Å². The molecule has 0 aliphatic heterocycles. The molecule has 2 aromatic rings. The topological polar surface area (TPSA) is 59.9 Å². The Kier molecular flexibility index (Phi) is 4.60. The third-order valence-corrected chi connectivity index (χ3v) is 2.92. The van der Waals surface area contributed by atoms with E-state index in [9.17, 15) is 0 Å². The summed E-state index contributed by atoms with van der Waals surface area (Å²) in [5, 5.41) is 12.8. The van der Waals surface area contributed by atoms with Gasteiger partial charge in [-0.25, -0.2) is 0 Å². The van der Waals surface area contributed by atoms with E-state index in [0.29, 0.717) is 16.9 Å². The molecule has 2 heterocycles. The first-order valence-electron chi connectivity index (χ1n) is 5.85. The van der Waals surface area contributed by atoms with E-state index in [1.807, 2.05) is 12.1 Å². The molecule has 0 saturated carbocycles. The lowest BCUT2D eigenvalue weighted by Gasteiger charge is -2.03. The van der Waals surface area contributed by atoms with Gasteiger partial charge in [-0.3, -0.25) is 4.98 Å². The molecule has 0 aromatic carbocycles. The van der Waals surface area contributed by atoms with Crippen LogP contribution in [0, 0.1) is 5.92 Å². The van der Waals surface area contributed by atoms with Crippen LogP contribution in [0.1, 0.15) is 18.9 Å². The molecule has 0 saturated heterocycles. The standard InChI is InChI=1S/C12H16N4OS/c1-9(2)6-14-8-11-15-16-12(18-11)17-10-4-3-5-13-7-10/h3-5,7,9,14H,6,8H2,1-2H3. The van der Waals surface area contributed by atoms with E-state index in [1.54, 1.807) is 12.4 Å². The predicted molar refractivity (Wildman–Crippen MR) is 70.8 cm³/mol. The van der Waals surface area contributed by atoms with E-state index >= 15 is 0 Å². The maximum atomic E-state index is 5.54. The van der Waals surface area contributed by atoms with Crippen LogP contribution in [-0.4, -0.2) is 21.7 Å². The molecule has 0 aliphatic rings. The summed E-state index contributed by atoms with van der Waals surface area (Å²) >= 11 is 1.44. The highest BCUT2D eigenvalue weighted by Crippen LogP contribution is 2.23. The van der Waals surface area contributed by atoms with Crippen LogP contribution in [0.2, 0.25) is 0 Å². The Morgan fingerprint density at radius 3 is 3.00 bits per heavy atom. The quantitative estimate of drug-likeness (QED) is 0.868. The average Bonchev–Trinajstić information content (AvgIpc) is 2.78. The highest BCUT2D eigenvalue weighted by atomic mass is 32.1. The maximum absolute atomic E-state index is 5.54. The summed E-state index contributed by atoms with van der Waals surface area (Å²) in [6.45, 7) is 6.04. The van der Waals surface area contributed by atoms with Crippen LogP contribution in [0.4, 0.5) is 0 Å². The van der Waals surface area contributed by atoms with Crippen molar-refractivity contribution in [3.63, 3.8) is 0 Å². The minimum Gasteiger partial charge on any atom is -0.428 e. The Bertz CT molecular complexity index is 472. The maximum Gasteiger partial charge on any atom is 0.299 e. The molecule has 0 amide bonds. The van der Waals surface area contributed by atoms with Gasteiger partial charge in [0.25, 0.3) is 5.19 Å². The average molecular weight is 264 g/mol. The zero-order chi connectivity index (χ0) is 12.8. The molecule has 0 atom stereocenters. The monoisotopic (exact) mass is 264 g/mol. The second-order valence-corrected chi connectivity index (χ2v) is 5.30. The molecular weight excluding hydrogens is 248 g/mol. The molecular formula is C12H16N4OS. The van der Waals surface area contributed by atoms with Crippen LogP contribution in [0.3, 0.4) is 0 Å². The van der Waals surface area contributed by atoms with Crippen molar-refractivity contribution in [1.82, 2.24) is 20.5 Å². The molecule has 2 rings (SSSR count). The number of ether oxygens (including phenoxy) is 1. The SMILES string of the molecule is CC(C)CNCc1nnc(Oc2cccnc2)s1. The van der Waals surface area contributed by atoms with Crippen molar-refractivity contribution in [3.05, 3.63) is 29.5 Å². The largest absolute Gasteiger partial charge is 0.428 e. The lowest BCUT2D eigenvalue weighted by Crippen LogP contribution is -2.18. The summed E-state index contributed by atoms with van der Waals surface area (Å²) in [7, 11) is 0. The molecule has 0 aliphatic carbocycles. The van der Waals surface area contributed by atoms with Gasteiger partial charge in [0, 0.05) is 12.7 Å². The number of nitrogens with one attached hydrogen (secondary N) is 1. The van der Waals surface area contributed by atoms with Crippen molar-refractivity contribution in [1.29, 1.82) is 0 Å². The Hall–Kier alpha value is -1.53. The molecule has 0 unspecified atom stereocenters. The van der Waals surface area contributed by atoms with E-state index in [1.165, 1.54) is 11.3 Å². The number of hydrogen-bond acceptors (Lipinski definition) is 6. The van der Waals surface area contributed by atoms with Crippen molar-refractivity contribution in [2.45, 2.75) is 20.4 Å². The molecule has 5 nitrogen and oxygen atoms in total. The van der Waals surface area contributed by atoms with Gasteiger partial charge in [0.15, 0.2) is 0 Å². The van der Waals surface area contributed by atoms with Gasteiger partial charge in [0.05, 0.1) is 6.20 Å². The molecule has 6 heteroatoms. The van der Waals surface area contributed by atoms with Crippen LogP contribution in [0.15, 0.2) is 24.5 Å². The fraction of sp³-hybridized carbons (Fsp3) is 0.417. The van der Waals surface area contributed by atoms with E-state index in [-0.39, 0.29) is 0 Å². The normalized spacial score (nSPS) is 10.8. The zero-order valence-corrected chi connectivity index (χ0v) is 11.3. The Morgan fingerprint density at radius 1 is 1.39 bits per heavy atom. The number of aromatic nitrogens is 3. The molecule has 1 N–H and O–H groups in total. The van der Waals surface area contributed by atoms with E-state index in [2.05, 4.69) is 34.3 Å². The summed E-state index contributed by atoms with van der Waals surface area (Å²) in [5.74, 6) is 1.30. The van der Waals surface area contributed by atoms with Gasteiger partial charge >= 0.3 is 0 Å². The third-order valence-electron chi connectivity index (χ3n) is 2.12. The van der Waals surface area contributed by atoms with Crippen molar-refractivity contribution >= 4 is 11.3 Å². The summed E-state index contributed by atoms with van der Waals surface area (Å²) in [4.78, 5) is 3.98. The van der Waals surface area contributed by atoms with Crippen molar-refractivity contribution < 1.29 is 4.74 Å². The van der Waals surface area contributed by atoms with Gasteiger partial charge in [-0.15, -0.1) is 5.10 Å². The van der Waals surface area contributed by atoms with Gasteiger partial charge in [0.1, 0.15) is 10.8 Å². The summed E-state index contributed by atoms with van der Waals surface area (Å²) < 4.78 is 5.54. The smallest absolute Gasteiger partial charge is 0.299 e. The Morgan fingerprint density at radius 2 is 2.28 bits per heavy atom. The minimum atomic E-state index is 0.546. The van der Waals surface area contributed by atoms with E-state index in [4.69, 9.17) is 4.74 Å². The van der Waals surface area contributed by atoms with E-state index < -0.39 is 0 Å². The Labute approximate surface area is 110 Å². The first kappa shape index (κ1) is 12.9. The van der Waals surface area contributed by atoms with Crippen LogP contribution in [0.5, 0.6) is 10.9 Å². The molecule has 0 fully saturated rings. The summed E-state index contributed by atoms with van der Waals surface area (Å²) in [6, 6.07) is 3.66. The molecule has 0 spiro atoms. The zero-order valence-electron chi connectivity index (χ0n) is 10.5. The second kappa shape index (κ2) is 6.42. The summed E-state index contributed by atoms with van der Waals surface area (Å²) in [5.41, 5.74) is 0. The first-order valence-corrected chi connectivity index (χ1v) is 6.66. The van der Waals surface area contributed by atoms with Crippen molar-refractivity contribution in [3.8, 4) is 10.9 Å². The van der Waals surface area contributed by atoms with Crippen LogP contribution < -0.4 is 10.1 Å². The lowest BCUT2D eigenvalue weighted by atomic mass is 10.2. The van der Waals surface area contributed by atoms with Crippen LogP contribution >= 0.6 is 11.3 Å². The fourth-order valence-electron chi connectivity index (χ4n) is 1.33. The third kappa shape index (κ3) is 4.05.